The third-order valence-electron chi connectivity index (χ3n) is 3.28. The van der Waals surface area contributed by atoms with Gasteiger partial charge in [0.05, 0.1) is 16.4 Å². The average Bonchev–Trinajstić information content (AvgIpc) is 2.79. The van der Waals surface area contributed by atoms with E-state index in [0.717, 1.165) is 5.52 Å². The first-order valence-corrected chi connectivity index (χ1v) is 6.27. The Morgan fingerprint density at radius 3 is 2.55 bits per heavy atom. The van der Waals surface area contributed by atoms with E-state index in [2.05, 4.69) is 9.97 Å². The summed E-state index contributed by atoms with van der Waals surface area (Å²) in [6.07, 6.45) is -0.214. The van der Waals surface area contributed by atoms with Crippen LogP contribution in [-0.4, -0.2) is 21.1 Å². The largest absolute Gasteiger partial charge is 2.00 e. The fraction of sp³-hybridized carbons (Fsp3) is 0.308. The van der Waals surface area contributed by atoms with Gasteiger partial charge in [0, 0.05) is 17.5 Å². The number of H-pyrrole nitrogens is 1. The van der Waals surface area contributed by atoms with Crippen LogP contribution in [0.3, 0.4) is 0 Å². The summed E-state index contributed by atoms with van der Waals surface area (Å²) in [7, 11) is 0. The molecule has 7 heteroatoms. The topological polar surface area (TPSA) is 85.9 Å². The van der Waals surface area contributed by atoms with E-state index >= 15 is 0 Å². The molecule has 0 saturated carbocycles. The van der Waals surface area contributed by atoms with Gasteiger partial charge >= 0.3 is 19.5 Å². The van der Waals surface area contributed by atoms with Crippen LogP contribution in [0.5, 0.6) is 0 Å². The summed E-state index contributed by atoms with van der Waals surface area (Å²) in [5.74, 6) is -1.03. The SMILES string of the molecule is CCC(CC(=O)[O-])(C(=O)[S-])c1nc2ccccc2[nH]1.[Zn+2]. The number of aromatic nitrogens is 2. The van der Waals surface area contributed by atoms with Crippen LogP contribution in [-0.2, 0) is 47.1 Å². The summed E-state index contributed by atoms with van der Waals surface area (Å²) in [5.41, 5.74) is 0.0857. The number of rotatable bonds is 5. The van der Waals surface area contributed by atoms with E-state index in [9.17, 15) is 14.7 Å². The molecule has 0 aliphatic heterocycles. The van der Waals surface area contributed by atoms with Crippen LogP contribution < -0.4 is 5.11 Å². The molecule has 0 amide bonds. The molecule has 1 heterocycles. The van der Waals surface area contributed by atoms with E-state index in [1.165, 1.54) is 0 Å². The van der Waals surface area contributed by atoms with Gasteiger partial charge in [-0.05, 0) is 18.6 Å². The van der Waals surface area contributed by atoms with Gasteiger partial charge in [0.25, 0.3) is 0 Å². The van der Waals surface area contributed by atoms with Crippen LogP contribution in [0.2, 0.25) is 0 Å². The van der Waals surface area contributed by atoms with Crippen molar-refractivity contribution in [1.82, 2.24) is 9.97 Å². The van der Waals surface area contributed by atoms with Gasteiger partial charge in [0.15, 0.2) is 0 Å². The number of aliphatic carboxylic acids is 1. The standard InChI is InChI=1S/C13H14N2O3S.Zn/c1-2-13(12(18)19,7-10(16)17)11-14-8-5-3-4-6-9(8)15-11;/h3-6H,2,7H2,1H3,(H,14,15)(H,16,17)(H,18,19);/q;+2/p-2. The molecule has 0 spiro atoms. The Kier molecular flexibility index (Phi) is 5.37. The van der Waals surface area contributed by atoms with Crippen molar-refractivity contribution in [2.75, 3.05) is 0 Å². The van der Waals surface area contributed by atoms with Crippen molar-refractivity contribution >= 4 is 34.7 Å². The number of benzene rings is 1. The number of carbonyl (C=O) groups excluding carboxylic acids is 2. The molecule has 20 heavy (non-hydrogen) atoms. The number of para-hydroxylation sites is 2. The summed E-state index contributed by atoms with van der Waals surface area (Å²) in [4.78, 5) is 30.0. The minimum absolute atomic E-state index is 0. The van der Waals surface area contributed by atoms with Crippen LogP contribution in [0.15, 0.2) is 24.3 Å². The van der Waals surface area contributed by atoms with Crippen LogP contribution >= 0.6 is 0 Å². The van der Waals surface area contributed by atoms with Gasteiger partial charge in [0.1, 0.15) is 5.82 Å². The quantitative estimate of drug-likeness (QED) is 0.629. The first kappa shape index (κ1) is 16.7. The van der Waals surface area contributed by atoms with Gasteiger partial charge < -0.3 is 32.3 Å². The first-order valence-electron chi connectivity index (χ1n) is 5.86. The van der Waals surface area contributed by atoms with Crippen LogP contribution in [0.4, 0.5) is 0 Å². The van der Waals surface area contributed by atoms with Crippen molar-refractivity contribution in [2.24, 2.45) is 0 Å². The van der Waals surface area contributed by atoms with E-state index in [1.54, 1.807) is 19.1 Å². The Labute approximate surface area is 134 Å². The zero-order valence-electron chi connectivity index (χ0n) is 11.0. The van der Waals surface area contributed by atoms with Crippen molar-refractivity contribution in [2.45, 2.75) is 25.2 Å². The molecule has 100 valence electrons. The Hall–Kier alpha value is -1.33. The van der Waals surface area contributed by atoms with Crippen LogP contribution in [0, 0.1) is 0 Å². The number of hydrogen-bond donors (Lipinski definition) is 1. The molecule has 1 aromatic carbocycles. The summed E-state index contributed by atoms with van der Waals surface area (Å²) in [6.45, 7) is 1.71. The third-order valence-corrected chi connectivity index (χ3v) is 3.67. The monoisotopic (exact) mass is 340 g/mol. The van der Waals surface area contributed by atoms with Crippen molar-refractivity contribution in [3.63, 3.8) is 0 Å². The molecule has 2 rings (SSSR count). The fourth-order valence-corrected chi connectivity index (χ4v) is 2.43. The third kappa shape index (κ3) is 2.89. The van der Waals surface area contributed by atoms with Gasteiger partial charge in [-0.15, -0.1) is 0 Å². The molecule has 0 saturated heterocycles. The second kappa shape index (κ2) is 6.42. The van der Waals surface area contributed by atoms with Gasteiger partial charge in [-0.1, -0.05) is 19.1 Å². The van der Waals surface area contributed by atoms with Crippen LogP contribution in [0.1, 0.15) is 25.6 Å². The number of carbonyl (C=O) groups is 2. The maximum atomic E-state index is 11.8. The Morgan fingerprint density at radius 2 is 2.05 bits per heavy atom. The van der Waals surface area contributed by atoms with Crippen molar-refractivity contribution < 1.29 is 34.2 Å². The Morgan fingerprint density at radius 1 is 1.40 bits per heavy atom. The minimum Gasteiger partial charge on any atom is -0.741 e. The van der Waals surface area contributed by atoms with Crippen molar-refractivity contribution in [3.8, 4) is 0 Å². The molecule has 1 atom stereocenters. The molecule has 0 aliphatic carbocycles. The molecule has 1 aromatic heterocycles. The van der Waals surface area contributed by atoms with Gasteiger partial charge in [-0.2, -0.15) is 0 Å². The average molecular weight is 342 g/mol. The van der Waals surface area contributed by atoms with Gasteiger partial charge in [-0.3, -0.25) is 0 Å². The number of imidazole rings is 1. The maximum absolute atomic E-state index is 11.8. The summed E-state index contributed by atoms with van der Waals surface area (Å²) < 4.78 is 0. The molecule has 0 fully saturated rings. The van der Waals surface area contributed by atoms with E-state index in [1.807, 2.05) is 12.1 Å². The second-order valence-electron chi connectivity index (χ2n) is 4.37. The summed E-state index contributed by atoms with van der Waals surface area (Å²) in [6, 6.07) is 7.22. The number of carboxylic acid groups (broad SMARTS) is 1. The first-order chi connectivity index (χ1) is 8.99. The molecule has 1 unspecified atom stereocenters. The number of carboxylic acids is 1. The number of hydrogen-bond acceptors (Lipinski definition) is 5. The smallest absolute Gasteiger partial charge is 0.741 e. The summed E-state index contributed by atoms with van der Waals surface area (Å²) >= 11 is 4.73. The fourth-order valence-electron chi connectivity index (χ4n) is 2.12. The van der Waals surface area contributed by atoms with Gasteiger partial charge in [0.2, 0.25) is 0 Å². The van der Waals surface area contributed by atoms with Crippen LogP contribution in [0.25, 0.3) is 11.0 Å². The van der Waals surface area contributed by atoms with E-state index < -0.39 is 22.9 Å². The van der Waals surface area contributed by atoms with E-state index in [0.29, 0.717) is 11.3 Å². The number of nitrogens with one attached hydrogen (secondary N) is 1. The predicted molar refractivity (Wildman–Crippen MR) is 70.1 cm³/mol. The molecule has 2 aromatic rings. The molecular weight excluding hydrogens is 330 g/mol. The van der Waals surface area contributed by atoms with E-state index in [-0.39, 0.29) is 25.9 Å². The van der Waals surface area contributed by atoms with E-state index in [4.69, 9.17) is 12.6 Å². The Bertz CT molecular complexity index is 610. The molecule has 0 aliphatic rings. The predicted octanol–water partition coefficient (Wildman–Crippen LogP) is 0.422. The number of fused-ring (bicyclic) bond motifs is 1. The molecular formula is C13H12N2O3SZn. The summed E-state index contributed by atoms with van der Waals surface area (Å²) in [5, 5.41) is 10.3. The Balaban J connectivity index is 0.00000200. The molecule has 5 nitrogen and oxygen atoms in total. The minimum atomic E-state index is -1.33. The van der Waals surface area contributed by atoms with Gasteiger partial charge in [-0.25, -0.2) is 4.98 Å². The molecule has 0 bridgehead atoms. The maximum Gasteiger partial charge on any atom is 2.00 e. The molecule has 1 N–H and O–H groups in total. The number of nitrogens with zero attached hydrogens (tertiary/aromatic N) is 1. The normalized spacial score (nSPS) is 13.4. The second-order valence-corrected chi connectivity index (χ2v) is 4.75. The zero-order valence-corrected chi connectivity index (χ0v) is 14.8. The molecule has 0 radical (unpaired) electrons. The van der Waals surface area contributed by atoms with Crippen molar-refractivity contribution in [1.29, 1.82) is 0 Å². The number of aromatic amines is 1. The zero-order chi connectivity index (χ0) is 14.0. The van der Waals surface area contributed by atoms with Crippen molar-refractivity contribution in [3.05, 3.63) is 30.1 Å².